The van der Waals surface area contributed by atoms with E-state index in [1.807, 2.05) is 0 Å². The number of rotatable bonds is 6. The first-order valence-corrected chi connectivity index (χ1v) is 9.30. The molecule has 0 aliphatic heterocycles. The predicted molar refractivity (Wildman–Crippen MR) is 111 cm³/mol. The molecule has 0 saturated heterocycles. The molecule has 1 aromatic heterocycles. The Morgan fingerprint density at radius 2 is 1.67 bits per heavy atom. The molecule has 0 fully saturated rings. The lowest BCUT2D eigenvalue weighted by molar-refractivity contribution is -0.115. The molecule has 0 saturated carbocycles. The molecule has 0 aliphatic carbocycles. The van der Waals surface area contributed by atoms with Gasteiger partial charge in [-0.05, 0) is 54.1 Å². The number of carbonyl (C=O) groups is 2. The minimum atomic E-state index is -0.441. The van der Waals surface area contributed by atoms with Crippen LogP contribution in [0.4, 0.5) is 10.1 Å². The zero-order valence-corrected chi connectivity index (χ0v) is 16.1. The van der Waals surface area contributed by atoms with Gasteiger partial charge in [-0.3, -0.25) is 9.59 Å². The number of fused-ring (bicyclic) bond motifs is 1. The van der Waals surface area contributed by atoms with E-state index in [4.69, 9.17) is 9.15 Å². The van der Waals surface area contributed by atoms with Crippen LogP contribution in [0.2, 0.25) is 0 Å². The molecule has 0 bridgehead atoms. The highest BCUT2D eigenvalue weighted by molar-refractivity contribution is 6.17. The van der Waals surface area contributed by atoms with Crippen molar-refractivity contribution in [3.8, 4) is 5.75 Å². The molecule has 4 aromatic rings. The first-order valence-electron chi connectivity index (χ1n) is 9.30. The standard InChI is InChI=1S/C24H18FNO4/c1-29-18-12-6-15(7-13-18)14-21(27)26-22-19-4-2-3-5-20(19)30-24(22)23(28)16-8-10-17(25)11-9-16/h2-13H,14H2,1H3,(H,26,27). The number of anilines is 1. The average molecular weight is 403 g/mol. The average Bonchev–Trinajstić information content (AvgIpc) is 3.12. The number of carbonyl (C=O) groups excluding carboxylic acids is 2. The van der Waals surface area contributed by atoms with E-state index in [1.165, 1.54) is 24.3 Å². The van der Waals surface area contributed by atoms with Gasteiger partial charge in [0.1, 0.15) is 17.1 Å². The molecule has 3 aromatic carbocycles. The van der Waals surface area contributed by atoms with Crippen LogP contribution in [-0.2, 0) is 11.2 Å². The molecule has 5 nitrogen and oxygen atoms in total. The zero-order valence-electron chi connectivity index (χ0n) is 16.1. The number of ether oxygens (including phenoxy) is 1. The summed E-state index contributed by atoms with van der Waals surface area (Å²) in [5.41, 5.74) is 1.84. The first-order chi connectivity index (χ1) is 14.5. The van der Waals surface area contributed by atoms with Crippen molar-refractivity contribution in [3.05, 3.63) is 95.5 Å². The van der Waals surface area contributed by atoms with Gasteiger partial charge in [-0.25, -0.2) is 4.39 Å². The van der Waals surface area contributed by atoms with Gasteiger partial charge in [0.2, 0.25) is 11.7 Å². The quantitative estimate of drug-likeness (QED) is 0.461. The smallest absolute Gasteiger partial charge is 0.230 e. The summed E-state index contributed by atoms with van der Waals surface area (Å²) in [7, 11) is 1.57. The normalized spacial score (nSPS) is 10.7. The molecule has 0 radical (unpaired) electrons. The Hall–Kier alpha value is -3.93. The summed E-state index contributed by atoms with van der Waals surface area (Å²) in [5.74, 6) is -0.465. The van der Waals surface area contributed by atoms with Crippen LogP contribution in [0.1, 0.15) is 21.7 Å². The number of benzene rings is 3. The van der Waals surface area contributed by atoms with Crippen molar-refractivity contribution in [2.24, 2.45) is 0 Å². The number of nitrogens with one attached hydrogen (secondary N) is 1. The molecular formula is C24H18FNO4. The van der Waals surface area contributed by atoms with Crippen molar-refractivity contribution in [1.29, 1.82) is 0 Å². The minimum absolute atomic E-state index is 0.00545. The molecular weight excluding hydrogens is 385 g/mol. The maximum atomic E-state index is 13.2. The van der Waals surface area contributed by atoms with Crippen molar-refractivity contribution < 1.29 is 23.1 Å². The van der Waals surface area contributed by atoms with Crippen LogP contribution in [0.15, 0.2) is 77.2 Å². The summed E-state index contributed by atoms with van der Waals surface area (Å²) >= 11 is 0. The molecule has 1 heterocycles. The van der Waals surface area contributed by atoms with Gasteiger partial charge in [-0.1, -0.05) is 24.3 Å². The molecule has 0 spiro atoms. The molecule has 1 N–H and O–H groups in total. The highest BCUT2D eigenvalue weighted by Crippen LogP contribution is 2.32. The van der Waals surface area contributed by atoms with Crippen LogP contribution < -0.4 is 10.1 Å². The fourth-order valence-corrected chi connectivity index (χ4v) is 3.17. The second-order valence-electron chi connectivity index (χ2n) is 6.71. The minimum Gasteiger partial charge on any atom is -0.497 e. The van der Waals surface area contributed by atoms with Crippen LogP contribution in [0.3, 0.4) is 0 Å². The Labute approximate surface area is 172 Å². The van der Waals surface area contributed by atoms with E-state index in [0.717, 1.165) is 5.56 Å². The summed E-state index contributed by atoms with van der Waals surface area (Å²) in [6, 6.07) is 19.4. The summed E-state index contributed by atoms with van der Waals surface area (Å²) < 4.78 is 24.1. The van der Waals surface area contributed by atoms with E-state index in [1.54, 1.807) is 55.6 Å². The second kappa shape index (κ2) is 8.21. The number of halogens is 1. The van der Waals surface area contributed by atoms with Gasteiger partial charge in [-0.15, -0.1) is 0 Å². The molecule has 4 rings (SSSR count). The lowest BCUT2D eigenvalue weighted by Gasteiger charge is -2.07. The van der Waals surface area contributed by atoms with E-state index in [-0.39, 0.29) is 23.7 Å². The van der Waals surface area contributed by atoms with Crippen LogP contribution in [0.25, 0.3) is 11.0 Å². The SMILES string of the molecule is COc1ccc(CC(=O)Nc2c(C(=O)c3ccc(F)cc3)oc3ccccc23)cc1. The van der Waals surface area contributed by atoms with Crippen molar-refractivity contribution in [2.75, 3.05) is 12.4 Å². The summed E-state index contributed by atoms with van der Waals surface area (Å²) in [4.78, 5) is 25.7. The van der Waals surface area contributed by atoms with Gasteiger partial charge < -0.3 is 14.5 Å². The van der Waals surface area contributed by atoms with Crippen LogP contribution in [-0.4, -0.2) is 18.8 Å². The Kier molecular flexibility index (Phi) is 5.30. The fraction of sp³-hybridized carbons (Fsp3) is 0.0833. The van der Waals surface area contributed by atoms with Gasteiger partial charge in [0, 0.05) is 10.9 Å². The third kappa shape index (κ3) is 3.93. The van der Waals surface area contributed by atoms with Gasteiger partial charge >= 0.3 is 0 Å². The molecule has 0 atom stereocenters. The number of hydrogen-bond donors (Lipinski definition) is 1. The van der Waals surface area contributed by atoms with Crippen LogP contribution >= 0.6 is 0 Å². The third-order valence-electron chi connectivity index (χ3n) is 4.70. The molecule has 1 amide bonds. The van der Waals surface area contributed by atoms with Gasteiger partial charge in [-0.2, -0.15) is 0 Å². The molecule has 0 aliphatic rings. The van der Waals surface area contributed by atoms with E-state index in [0.29, 0.717) is 22.4 Å². The van der Waals surface area contributed by atoms with Crippen LogP contribution in [0, 0.1) is 5.82 Å². The lowest BCUT2D eigenvalue weighted by Crippen LogP contribution is -2.16. The monoisotopic (exact) mass is 403 g/mol. The maximum absolute atomic E-state index is 13.2. The highest BCUT2D eigenvalue weighted by atomic mass is 19.1. The summed E-state index contributed by atoms with van der Waals surface area (Å²) in [6.07, 6.45) is 0.119. The number of furan rings is 1. The van der Waals surface area contributed by atoms with Crippen molar-refractivity contribution in [3.63, 3.8) is 0 Å². The van der Waals surface area contributed by atoms with E-state index >= 15 is 0 Å². The topological polar surface area (TPSA) is 68.5 Å². The number of hydrogen-bond acceptors (Lipinski definition) is 4. The zero-order chi connectivity index (χ0) is 21.1. The number of para-hydroxylation sites is 1. The summed E-state index contributed by atoms with van der Waals surface area (Å²) in [5, 5.41) is 3.43. The van der Waals surface area contributed by atoms with Gasteiger partial charge in [0.15, 0.2) is 5.76 Å². The fourth-order valence-electron chi connectivity index (χ4n) is 3.17. The van der Waals surface area contributed by atoms with E-state index < -0.39 is 11.6 Å². The predicted octanol–water partition coefficient (Wildman–Crippen LogP) is 4.99. The van der Waals surface area contributed by atoms with Gasteiger partial charge in [0.25, 0.3) is 0 Å². The Bertz CT molecular complexity index is 1210. The summed E-state index contributed by atoms with van der Waals surface area (Å²) in [6.45, 7) is 0. The number of methoxy groups -OCH3 is 1. The first kappa shape index (κ1) is 19.4. The highest BCUT2D eigenvalue weighted by Gasteiger charge is 2.23. The van der Waals surface area contributed by atoms with Gasteiger partial charge in [0.05, 0.1) is 19.2 Å². The maximum Gasteiger partial charge on any atom is 0.230 e. The number of ketones is 1. The van der Waals surface area contributed by atoms with Crippen molar-refractivity contribution >= 4 is 28.3 Å². The molecule has 150 valence electrons. The molecule has 30 heavy (non-hydrogen) atoms. The van der Waals surface area contributed by atoms with Crippen molar-refractivity contribution in [2.45, 2.75) is 6.42 Å². The largest absolute Gasteiger partial charge is 0.497 e. The Morgan fingerprint density at radius 1 is 0.967 bits per heavy atom. The second-order valence-corrected chi connectivity index (χ2v) is 6.71. The Balaban J connectivity index is 1.65. The molecule has 0 unspecified atom stereocenters. The van der Waals surface area contributed by atoms with E-state index in [2.05, 4.69) is 5.32 Å². The van der Waals surface area contributed by atoms with Crippen molar-refractivity contribution in [1.82, 2.24) is 0 Å². The molecule has 6 heteroatoms. The van der Waals surface area contributed by atoms with E-state index in [9.17, 15) is 14.0 Å². The third-order valence-corrected chi connectivity index (χ3v) is 4.70. The number of amides is 1. The Morgan fingerprint density at radius 3 is 2.37 bits per heavy atom. The lowest BCUT2D eigenvalue weighted by atomic mass is 10.1. The van der Waals surface area contributed by atoms with Crippen LogP contribution in [0.5, 0.6) is 5.75 Å².